The highest BCUT2D eigenvalue weighted by Gasteiger charge is 2.06. The topological polar surface area (TPSA) is 74.4 Å². The van der Waals surface area contributed by atoms with Crippen LogP contribution in [0.25, 0.3) is 0 Å². The van der Waals surface area contributed by atoms with Gasteiger partial charge in [-0.05, 0) is 24.3 Å². The predicted octanol–water partition coefficient (Wildman–Crippen LogP) is 2.71. The maximum Gasteiger partial charge on any atom is 0.255 e. The van der Waals surface area contributed by atoms with Crippen molar-refractivity contribution in [2.24, 2.45) is 5.73 Å². The van der Waals surface area contributed by atoms with Crippen LogP contribution < -0.4 is 15.2 Å². The van der Waals surface area contributed by atoms with Gasteiger partial charge in [-0.2, -0.15) is 0 Å². The lowest BCUT2D eigenvalue weighted by atomic mass is 10.2. The third kappa shape index (κ3) is 4.75. The average molecular weight is 306 g/mol. The minimum Gasteiger partial charge on any atom is -0.487 e. The number of hydrogen-bond acceptors (Lipinski definition) is 5. The van der Waals surface area contributed by atoms with Crippen molar-refractivity contribution in [1.29, 1.82) is 0 Å². The Labute approximate surface area is 127 Å². The van der Waals surface area contributed by atoms with Gasteiger partial charge in [-0.3, -0.25) is 4.79 Å². The summed E-state index contributed by atoms with van der Waals surface area (Å²) in [6, 6.07) is 7.04. The van der Waals surface area contributed by atoms with Gasteiger partial charge in [0.05, 0.1) is 10.7 Å². The molecule has 2 rings (SSSR count). The molecule has 0 aliphatic rings. The Hall–Kier alpha value is -2.08. The summed E-state index contributed by atoms with van der Waals surface area (Å²) in [5.41, 5.74) is 5.94. The van der Waals surface area contributed by atoms with Gasteiger partial charge in [-0.1, -0.05) is 13.8 Å². The monoisotopic (exact) mass is 306 g/mol. The smallest absolute Gasteiger partial charge is 0.255 e. The number of rotatable bonds is 7. The average Bonchev–Trinajstić information content (AvgIpc) is 2.93. The molecule has 0 fully saturated rings. The Morgan fingerprint density at radius 3 is 2.38 bits per heavy atom. The zero-order valence-corrected chi connectivity index (χ0v) is 12.9. The minimum absolute atomic E-state index is 0.128. The highest BCUT2D eigenvalue weighted by Crippen LogP contribution is 2.21. The van der Waals surface area contributed by atoms with E-state index >= 15 is 0 Å². The van der Waals surface area contributed by atoms with Crippen molar-refractivity contribution in [2.75, 3.05) is 6.61 Å². The van der Waals surface area contributed by atoms with Gasteiger partial charge in [0.15, 0.2) is 6.61 Å². The van der Waals surface area contributed by atoms with Crippen molar-refractivity contribution in [1.82, 2.24) is 4.98 Å². The van der Waals surface area contributed by atoms with Crippen LogP contribution in [-0.2, 0) is 11.4 Å². The van der Waals surface area contributed by atoms with E-state index in [2.05, 4.69) is 18.8 Å². The molecule has 0 radical (unpaired) electrons. The van der Waals surface area contributed by atoms with Crippen LogP contribution in [0.15, 0.2) is 29.6 Å². The van der Waals surface area contributed by atoms with Gasteiger partial charge in [0.1, 0.15) is 18.1 Å². The maximum atomic E-state index is 10.6. The summed E-state index contributed by atoms with van der Waals surface area (Å²) < 4.78 is 10.8. The van der Waals surface area contributed by atoms with Gasteiger partial charge in [-0.25, -0.2) is 4.98 Å². The minimum atomic E-state index is -0.500. The van der Waals surface area contributed by atoms with Crippen LogP contribution in [0, 0.1) is 0 Å². The Morgan fingerprint density at radius 1 is 1.24 bits per heavy atom. The highest BCUT2D eigenvalue weighted by atomic mass is 32.1. The van der Waals surface area contributed by atoms with Gasteiger partial charge in [0, 0.05) is 11.3 Å². The first-order valence-corrected chi connectivity index (χ1v) is 7.51. The van der Waals surface area contributed by atoms with E-state index in [0.717, 1.165) is 16.5 Å². The molecule has 0 atom stereocenters. The molecule has 0 spiro atoms. The normalized spacial score (nSPS) is 10.6. The van der Waals surface area contributed by atoms with Crippen molar-refractivity contribution in [3.05, 3.63) is 40.3 Å². The number of aromatic nitrogens is 1. The van der Waals surface area contributed by atoms with Gasteiger partial charge in [0.25, 0.3) is 5.91 Å². The molecule has 1 heterocycles. The second-order valence-electron chi connectivity index (χ2n) is 4.85. The lowest BCUT2D eigenvalue weighted by Crippen LogP contribution is -2.19. The summed E-state index contributed by atoms with van der Waals surface area (Å²) in [6.07, 6.45) is 0. The molecule has 0 unspecified atom stereocenters. The van der Waals surface area contributed by atoms with E-state index in [9.17, 15) is 4.79 Å². The largest absolute Gasteiger partial charge is 0.487 e. The summed E-state index contributed by atoms with van der Waals surface area (Å²) in [6.45, 7) is 4.55. The summed E-state index contributed by atoms with van der Waals surface area (Å²) in [7, 11) is 0. The molecular formula is C15H18N2O3S. The third-order valence-corrected chi connectivity index (χ3v) is 3.85. The van der Waals surface area contributed by atoms with E-state index in [4.69, 9.17) is 15.2 Å². The van der Waals surface area contributed by atoms with E-state index in [1.54, 1.807) is 35.6 Å². The van der Waals surface area contributed by atoms with Crippen LogP contribution in [0.3, 0.4) is 0 Å². The SMILES string of the molecule is CC(C)c1nc(COc2ccc(OCC(N)=O)cc2)cs1. The van der Waals surface area contributed by atoms with Crippen LogP contribution in [0.2, 0.25) is 0 Å². The van der Waals surface area contributed by atoms with E-state index in [1.165, 1.54) is 0 Å². The quantitative estimate of drug-likeness (QED) is 0.853. The van der Waals surface area contributed by atoms with Crippen LogP contribution in [-0.4, -0.2) is 17.5 Å². The van der Waals surface area contributed by atoms with Gasteiger partial charge >= 0.3 is 0 Å². The van der Waals surface area contributed by atoms with Gasteiger partial charge < -0.3 is 15.2 Å². The standard InChI is InChI=1S/C15H18N2O3S/c1-10(2)15-17-11(9-21-15)7-19-12-3-5-13(6-4-12)20-8-14(16)18/h3-6,9-10H,7-8H2,1-2H3,(H2,16,18). The summed E-state index contributed by atoms with van der Waals surface area (Å²) in [4.78, 5) is 15.1. The third-order valence-electron chi connectivity index (χ3n) is 2.65. The molecule has 1 aromatic heterocycles. The molecule has 2 aromatic rings. The fraction of sp³-hybridized carbons (Fsp3) is 0.333. The number of thiazole rings is 1. The van der Waals surface area contributed by atoms with Gasteiger partial charge in [-0.15, -0.1) is 11.3 Å². The molecule has 1 amide bonds. The Morgan fingerprint density at radius 2 is 1.86 bits per heavy atom. The first kappa shape index (κ1) is 15.3. The Kier molecular flexibility index (Phi) is 5.16. The zero-order valence-electron chi connectivity index (χ0n) is 12.0. The summed E-state index contributed by atoms with van der Waals surface area (Å²) >= 11 is 1.65. The Bertz CT molecular complexity index is 593. The summed E-state index contributed by atoms with van der Waals surface area (Å²) in [5, 5.41) is 3.13. The number of ether oxygens (including phenoxy) is 2. The number of amides is 1. The molecule has 0 aliphatic heterocycles. The van der Waals surface area contributed by atoms with E-state index in [0.29, 0.717) is 18.3 Å². The molecule has 2 N–H and O–H groups in total. The fourth-order valence-corrected chi connectivity index (χ4v) is 2.42. The van der Waals surface area contributed by atoms with Crippen LogP contribution in [0.4, 0.5) is 0 Å². The second-order valence-corrected chi connectivity index (χ2v) is 5.74. The predicted molar refractivity (Wildman–Crippen MR) is 81.7 cm³/mol. The van der Waals surface area contributed by atoms with Crippen molar-refractivity contribution >= 4 is 17.2 Å². The van der Waals surface area contributed by atoms with Crippen LogP contribution >= 0.6 is 11.3 Å². The lowest BCUT2D eigenvalue weighted by molar-refractivity contribution is -0.119. The van der Waals surface area contributed by atoms with Crippen molar-refractivity contribution < 1.29 is 14.3 Å². The lowest BCUT2D eigenvalue weighted by Gasteiger charge is -2.06. The molecule has 0 saturated carbocycles. The van der Waals surface area contributed by atoms with Crippen LogP contribution in [0.1, 0.15) is 30.5 Å². The number of nitrogens with two attached hydrogens (primary N) is 1. The molecule has 0 saturated heterocycles. The maximum absolute atomic E-state index is 10.6. The van der Waals surface area contributed by atoms with E-state index in [1.807, 2.05) is 5.38 Å². The zero-order chi connectivity index (χ0) is 15.2. The first-order chi connectivity index (χ1) is 10.0. The van der Waals surface area contributed by atoms with E-state index < -0.39 is 5.91 Å². The second kappa shape index (κ2) is 7.08. The number of hydrogen-bond donors (Lipinski definition) is 1. The number of carbonyl (C=O) groups is 1. The highest BCUT2D eigenvalue weighted by molar-refractivity contribution is 7.09. The molecule has 0 bridgehead atoms. The molecular weight excluding hydrogens is 288 g/mol. The number of carbonyl (C=O) groups excluding carboxylic acids is 1. The van der Waals surface area contributed by atoms with Gasteiger partial charge in [0.2, 0.25) is 0 Å². The molecule has 112 valence electrons. The number of nitrogens with zero attached hydrogens (tertiary/aromatic N) is 1. The van der Waals surface area contributed by atoms with Crippen molar-refractivity contribution in [3.8, 4) is 11.5 Å². The van der Waals surface area contributed by atoms with Crippen molar-refractivity contribution in [3.63, 3.8) is 0 Å². The molecule has 21 heavy (non-hydrogen) atoms. The first-order valence-electron chi connectivity index (χ1n) is 6.63. The van der Waals surface area contributed by atoms with Crippen molar-refractivity contribution in [2.45, 2.75) is 26.4 Å². The molecule has 1 aromatic carbocycles. The fourth-order valence-electron chi connectivity index (χ4n) is 1.60. The molecule has 5 nitrogen and oxygen atoms in total. The van der Waals surface area contributed by atoms with Crippen LogP contribution in [0.5, 0.6) is 11.5 Å². The number of benzene rings is 1. The summed E-state index contributed by atoms with van der Waals surface area (Å²) in [5.74, 6) is 1.24. The van der Waals surface area contributed by atoms with E-state index in [-0.39, 0.29) is 6.61 Å². The molecule has 0 aliphatic carbocycles. The number of primary amides is 1. The molecule has 6 heteroatoms. The Balaban J connectivity index is 1.86.